The number of carbonyl (C=O) groups excluding carboxylic acids is 1. The lowest BCUT2D eigenvalue weighted by atomic mass is 10.2. The number of rotatable bonds is 5. The molecule has 0 saturated carbocycles. The van der Waals surface area contributed by atoms with E-state index in [9.17, 15) is 4.79 Å². The van der Waals surface area contributed by atoms with Crippen molar-refractivity contribution in [2.75, 3.05) is 26.0 Å². The summed E-state index contributed by atoms with van der Waals surface area (Å²) in [6.07, 6.45) is 8.40. The van der Waals surface area contributed by atoms with Crippen LogP contribution in [0.1, 0.15) is 25.7 Å². The smallest absolute Gasteiger partial charge is 0.233 e. The Morgan fingerprint density at radius 1 is 1.17 bits per heavy atom. The van der Waals surface area contributed by atoms with E-state index in [2.05, 4.69) is 4.98 Å². The van der Waals surface area contributed by atoms with Gasteiger partial charge in [0.25, 0.3) is 0 Å². The van der Waals surface area contributed by atoms with Crippen LogP contribution in [0.25, 0.3) is 5.69 Å². The van der Waals surface area contributed by atoms with E-state index in [0.29, 0.717) is 5.75 Å². The van der Waals surface area contributed by atoms with E-state index >= 15 is 0 Å². The quantitative estimate of drug-likeness (QED) is 0.780. The van der Waals surface area contributed by atoms with Gasteiger partial charge in [-0.05, 0) is 37.1 Å². The van der Waals surface area contributed by atoms with Gasteiger partial charge in [-0.3, -0.25) is 9.36 Å². The average Bonchev–Trinajstić information content (AvgIpc) is 2.92. The molecule has 2 heterocycles. The average molecular weight is 345 g/mol. The van der Waals surface area contributed by atoms with Gasteiger partial charge in [-0.2, -0.15) is 0 Å². The van der Waals surface area contributed by atoms with Gasteiger partial charge in [0.05, 0.1) is 12.9 Å². The Kier molecular flexibility index (Phi) is 5.80. The maximum absolute atomic E-state index is 12.4. The topological polar surface area (TPSA) is 47.4 Å². The SMILES string of the molecule is COc1ccc(-n2ccnc2SCC(=O)N2CCCCCC2)cc1. The number of amides is 1. The summed E-state index contributed by atoms with van der Waals surface area (Å²) in [5.41, 5.74) is 1.01. The molecular formula is C18H23N3O2S. The number of hydrogen-bond acceptors (Lipinski definition) is 4. The Labute approximate surface area is 147 Å². The molecular weight excluding hydrogens is 322 g/mol. The van der Waals surface area contributed by atoms with Crippen LogP contribution in [0.4, 0.5) is 0 Å². The van der Waals surface area contributed by atoms with E-state index in [1.807, 2.05) is 39.9 Å². The monoisotopic (exact) mass is 345 g/mol. The second-order valence-corrected chi connectivity index (χ2v) is 6.80. The lowest BCUT2D eigenvalue weighted by molar-refractivity contribution is -0.128. The first kappa shape index (κ1) is 16.9. The third kappa shape index (κ3) is 4.12. The maximum atomic E-state index is 12.4. The van der Waals surface area contributed by atoms with Crippen molar-refractivity contribution in [3.63, 3.8) is 0 Å². The molecule has 1 fully saturated rings. The molecule has 3 rings (SSSR count). The van der Waals surface area contributed by atoms with Gasteiger partial charge in [0.15, 0.2) is 5.16 Å². The second kappa shape index (κ2) is 8.24. The predicted molar refractivity (Wildman–Crippen MR) is 95.9 cm³/mol. The first-order chi connectivity index (χ1) is 11.8. The van der Waals surface area contributed by atoms with E-state index < -0.39 is 0 Å². The number of nitrogens with zero attached hydrogens (tertiary/aromatic N) is 3. The zero-order valence-corrected chi connectivity index (χ0v) is 14.8. The fourth-order valence-corrected chi connectivity index (χ4v) is 3.75. The summed E-state index contributed by atoms with van der Waals surface area (Å²) in [6, 6.07) is 7.82. The number of imidazole rings is 1. The fraction of sp³-hybridized carbons (Fsp3) is 0.444. The zero-order valence-electron chi connectivity index (χ0n) is 14.0. The fourth-order valence-electron chi connectivity index (χ4n) is 2.87. The summed E-state index contributed by atoms with van der Waals surface area (Å²) in [5, 5.41) is 0.836. The number of benzene rings is 1. The molecule has 0 spiro atoms. The Morgan fingerprint density at radius 3 is 2.54 bits per heavy atom. The molecule has 0 bridgehead atoms. The summed E-state index contributed by atoms with van der Waals surface area (Å²) in [7, 11) is 1.65. The van der Waals surface area contributed by atoms with E-state index in [0.717, 1.165) is 42.5 Å². The van der Waals surface area contributed by atoms with E-state index in [1.165, 1.54) is 24.6 Å². The third-order valence-electron chi connectivity index (χ3n) is 4.24. The highest BCUT2D eigenvalue weighted by Gasteiger charge is 2.17. The molecule has 1 aromatic carbocycles. The van der Waals surface area contributed by atoms with Crippen LogP contribution in [0.3, 0.4) is 0 Å². The molecule has 0 unspecified atom stereocenters. The van der Waals surface area contributed by atoms with Gasteiger partial charge in [0.1, 0.15) is 5.75 Å². The molecule has 0 aliphatic carbocycles. The summed E-state index contributed by atoms with van der Waals surface area (Å²) in [5.74, 6) is 1.48. The first-order valence-corrected chi connectivity index (χ1v) is 9.35. The third-order valence-corrected chi connectivity index (χ3v) is 5.19. The molecule has 2 aromatic rings. The van der Waals surface area contributed by atoms with Crippen LogP contribution in [-0.2, 0) is 4.79 Å². The van der Waals surface area contributed by atoms with E-state index in [-0.39, 0.29) is 5.91 Å². The highest BCUT2D eigenvalue weighted by atomic mass is 32.2. The summed E-state index contributed by atoms with van der Waals surface area (Å²) >= 11 is 1.50. The minimum atomic E-state index is 0.214. The van der Waals surface area contributed by atoms with Crippen LogP contribution in [0.2, 0.25) is 0 Å². The lowest BCUT2D eigenvalue weighted by Crippen LogP contribution is -2.33. The van der Waals surface area contributed by atoms with Crippen molar-refractivity contribution >= 4 is 17.7 Å². The number of aromatic nitrogens is 2. The Bertz CT molecular complexity index is 661. The van der Waals surface area contributed by atoms with Crippen LogP contribution in [0.5, 0.6) is 5.75 Å². The number of hydrogen-bond donors (Lipinski definition) is 0. The van der Waals surface area contributed by atoms with E-state index in [4.69, 9.17) is 4.74 Å². The van der Waals surface area contributed by atoms with Crippen LogP contribution >= 0.6 is 11.8 Å². The molecule has 6 heteroatoms. The number of thioether (sulfide) groups is 1. The molecule has 1 saturated heterocycles. The minimum absolute atomic E-state index is 0.214. The Balaban J connectivity index is 1.63. The molecule has 0 atom stereocenters. The van der Waals surface area contributed by atoms with Gasteiger partial charge in [0.2, 0.25) is 5.91 Å². The lowest BCUT2D eigenvalue weighted by Gasteiger charge is -2.20. The Morgan fingerprint density at radius 2 is 1.88 bits per heavy atom. The van der Waals surface area contributed by atoms with Crippen molar-refractivity contribution in [2.45, 2.75) is 30.8 Å². The number of carbonyl (C=O) groups is 1. The highest BCUT2D eigenvalue weighted by molar-refractivity contribution is 7.99. The standard InChI is InChI=1S/C18H23N3O2S/c1-23-16-8-6-15(7-9-16)21-13-10-19-18(21)24-14-17(22)20-11-4-2-3-5-12-20/h6-10,13H,2-5,11-12,14H2,1H3. The van der Waals surface area contributed by atoms with Gasteiger partial charge in [0, 0.05) is 31.2 Å². The molecule has 24 heavy (non-hydrogen) atoms. The molecule has 1 aromatic heterocycles. The van der Waals surface area contributed by atoms with Gasteiger partial charge >= 0.3 is 0 Å². The molecule has 1 aliphatic heterocycles. The van der Waals surface area contributed by atoms with E-state index in [1.54, 1.807) is 13.3 Å². The van der Waals surface area contributed by atoms with Gasteiger partial charge in [-0.15, -0.1) is 0 Å². The van der Waals surface area contributed by atoms with Crippen LogP contribution in [0, 0.1) is 0 Å². The van der Waals surface area contributed by atoms with Crippen molar-refractivity contribution < 1.29 is 9.53 Å². The summed E-state index contributed by atoms with van der Waals surface area (Å²) in [4.78, 5) is 18.8. The number of likely N-dealkylation sites (tertiary alicyclic amines) is 1. The van der Waals surface area contributed by atoms with Crippen LogP contribution in [0.15, 0.2) is 41.8 Å². The van der Waals surface area contributed by atoms with Gasteiger partial charge in [-0.1, -0.05) is 24.6 Å². The zero-order chi connectivity index (χ0) is 16.8. The predicted octanol–water partition coefficient (Wildman–Crippen LogP) is 3.38. The summed E-state index contributed by atoms with van der Waals surface area (Å²) in [6.45, 7) is 1.79. The normalized spacial score (nSPS) is 15.1. The maximum Gasteiger partial charge on any atom is 0.233 e. The minimum Gasteiger partial charge on any atom is -0.497 e. The highest BCUT2D eigenvalue weighted by Crippen LogP contribution is 2.23. The number of ether oxygens (including phenoxy) is 1. The van der Waals surface area contributed by atoms with Crippen molar-refractivity contribution in [3.05, 3.63) is 36.7 Å². The second-order valence-electron chi connectivity index (χ2n) is 5.86. The van der Waals surface area contributed by atoms with Gasteiger partial charge < -0.3 is 9.64 Å². The number of methoxy groups -OCH3 is 1. The molecule has 0 N–H and O–H groups in total. The van der Waals surface area contributed by atoms with Crippen molar-refractivity contribution in [3.8, 4) is 11.4 Å². The molecule has 5 nitrogen and oxygen atoms in total. The van der Waals surface area contributed by atoms with Crippen molar-refractivity contribution in [1.82, 2.24) is 14.5 Å². The first-order valence-electron chi connectivity index (χ1n) is 8.36. The van der Waals surface area contributed by atoms with Crippen molar-refractivity contribution in [2.24, 2.45) is 0 Å². The Hall–Kier alpha value is -1.95. The summed E-state index contributed by atoms with van der Waals surface area (Å²) < 4.78 is 7.19. The van der Waals surface area contributed by atoms with Crippen LogP contribution in [-0.4, -0.2) is 46.3 Å². The van der Waals surface area contributed by atoms with Crippen LogP contribution < -0.4 is 4.74 Å². The largest absolute Gasteiger partial charge is 0.497 e. The molecule has 1 aliphatic rings. The molecule has 1 amide bonds. The molecule has 0 radical (unpaired) electrons. The van der Waals surface area contributed by atoms with Crippen molar-refractivity contribution in [1.29, 1.82) is 0 Å². The van der Waals surface area contributed by atoms with Gasteiger partial charge in [-0.25, -0.2) is 4.98 Å². The molecule has 128 valence electrons.